The van der Waals surface area contributed by atoms with E-state index in [1.54, 1.807) is 6.33 Å². The summed E-state index contributed by atoms with van der Waals surface area (Å²) in [5, 5.41) is 8.65. The largest absolute Gasteiger partial charge is 0.347 e. The summed E-state index contributed by atoms with van der Waals surface area (Å²) in [6.45, 7) is 3.88. The number of anilines is 3. The molecule has 0 saturated carbocycles. The highest BCUT2D eigenvalue weighted by Gasteiger charge is 2.29. The van der Waals surface area contributed by atoms with Crippen molar-refractivity contribution in [1.82, 2.24) is 24.7 Å². The number of nitrogens with one attached hydrogen (secondary N) is 1. The Kier molecular flexibility index (Phi) is 3.33. The van der Waals surface area contributed by atoms with E-state index in [0.717, 1.165) is 42.9 Å². The van der Waals surface area contributed by atoms with Crippen LogP contribution in [-0.4, -0.2) is 45.4 Å². The van der Waals surface area contributed by atoms with Crippen molar-refractivity contribution in [3.8, 4) is 0 Å². The summed E-state index contributed by atoms with van der Waals surface area (Å²) in [4.78, 5) is 11.8. The van der Waals surface area contributed by atoms with Gasteiger partial charge in [-0.25, -0.2) is 4.98 Å². The minimum Gasteiger partial charge on any atom is -0.347 e. The first-order chi connectivity index (χ1) is 9.72. The highest BCUT2D eigenvalue weighted by Crippen LogP contribution is 2.33. The summed E-state index contributed by atoms with van der Waals surface area (Å²) in [6, 6.07) is 0. The average molecular weight is 275 g/mol. The molecular weight excluding hydrogens is 254 g/mol. The van der Waals surface area contributed by atoms with E-state index in [9.17, 15) is 0 Å². The molecule has 0 aliphatic carbocycles. The third kappa shape index (κ3) is 2.03. The molecule has 3 rings (SSSR count). The molecule has 0 atom stereocenters. The Morgan fingerprint density at radius 2 is 2.15 bits per heavy atom. The lowest BCUT2D eigenvalue weighted by atomic mass is 10.2. The maximum absolute atomic E-state index is 4.45. The van der Waals surface area contributed by atoms with Gasteiger partial charge in [0.05, 0.1) is 18.6 Å². The van der Waals surface area contributed by atoms with Crippen LogP contribution in [0.1, 0.15) is 31.9 Å². The van der Waals surface area contributed by atoms with Crippen LogP contribution in [-0.2, 0) is 6.54 Å². The molecule has 1 aliphatic rings. The summed E-state index contributed by atoms with van der Waals surface area (Å²) in [7, 11) is 3.97. The van der Waals surface area contributed by atoms with Crippen LogP contribution in [0.2, 0.25) is 0 Å². The Balaban J connectivity index is 1.95. The van der Waals surface area contributed by atoms with Crippen LogP contribution in [0.15, 0.2) is 6.33 Å². The van der Waals surface area contributed by atoms with Gasteiger partial charge in [0.15, 0.2) is 5.82 Å². The molecule has 0 spiro atoms. The molecule has 0 radical (unpaired) electrons. The van der Waals surface area contributed by atoms with Crippen molar-refractivity contribution < 1.29 is 0 Å². The number of fused-ring (bicyclic) bond motifs is 2. The van der Waals surface area contributed by atoms with Gasteiger partial charge in [-0.2, -0.15) is 0 Å². The van der Waals surface area contributed by atoms with Gasteiger partial charge in [-0.15, -0.1) is 10.2 Å². The normalized spacial score (nSPS) is 13.2. The molecule has 7 heteroatoms. The Labute approximate surface area is 118 Å². The molecule has 1 aliphatic heterocycles. The number of H-pyrrole nitrogens is 1. The number of rotatable bonds is 5. The number of imidazole rings is 1. The SMILES string of the molecule is CCCCCN1c2nc[nH]c2Cn2c(N(C)C)nnc21. The van der Waals surface area contributed by atoms with Crippen LogP contribution in [0.4, 0.5) is 17.7 Å². The lowest BCUT2D eigenvalue weighted by Gasteiger charge is -2.28. The molecule has 2 aromatic rings. The summed E-state index contributed by atoms with van der Waals surface area (Å²) in [6.07, 6.45) is 5.31. The van der Waals surface area contributed by atoms with Crippen molar-refractivity contribution in [2.75, 3.05) is 30.4 Å². The molecule has 2 aromatic heterocycles. The van der Waals surface area contributed by atoms with E-state index in [4.69, 9.17) is 0 Å². The fourth-order valence-corrected chi connectivity index (χ4v) is 2.60. The third-order valence-corrected chi connectivity index (χ3v) is 3.61. The predicted octanol–water partition coefficient (Wildman–Crippen LogP) is 1.76. The van der Waals surface area contributed by atoms with Gasteiger partial charge in [0.2, 0.25) is 11.9 Å². The molecule has 108 valence electrons. The second kappa shape index (κ2) is 5.15. The van der Waals surface area contributed by atoms with Gasteiger partial charge < -0.3 is 9.88 Å². The fourth-order valence-electron chi connectivity index (χ4n) is 2.60. The number of unbranched alkanes of at least 4 members (excludes halogenated alkanes) is 2. The molecule has 0 fully saturated rings. The van der Waals surface area contributed by atoms with E-state index in [1.165, 1.54) is 12.8 Å². The maximum Gasteiger partial charge on any atom is 0.234 e. The first-order valence-corrected chi connectivity index (χ1v) is 7.12. The molecule has 3 heterocycles. The third-order valence-electron chi connectivity index (χ3n) is 3.61. The second-order valence-corrected chi connectivity index (χ2v) is 5.34. The highest BCUT2D eigenvalue weighted by molar-refractivity contribution is 5.61. The van der Waals surface area contributed by atoms with Gasteiger partial charge in [0.1, 0.15) is 0 Å². The van der Waals surface area contributed by atoms with Crippen molar-refractivity contribution in [2.45, 2.75) is 32.7 Å². The fraction of sp³-hybridized carbons (Fsp3) is 0.615. The zero-order valence-corrected chi connectivity index (χ0v) is 12.3. The molecule has 0 saturated heterocycles. The van der Waals surface area contributed by atoms with Crippen molar-refractivity contribution in [3.05, 3.63) is 12.0 Å². The molecular formula is C13H21N7. The molecule has 0 bridgehead atoms. The lowest BCUT2D eigenvalue weighted by molar-refractivity contribution is 0.665. The van der Waals surface area contributed by atoms with Gasteiger partial charge in [0, 0.05) is 20.6 Å². The molecule has 7 nitrogen and oxygen atoms in total. The van der Waals surface area contributed by atoms with Crippen molar-refractivity contribution >= 4 is 17.7 Å². The zero-order chi connectivity index (χ0) is 14.1. The number of nitrogens with zero attached hydrogens (tertiary/aromatic N) is 6. The van der Waals surface area contributed by atoms with Crippen LogP contribution >= 0.6 is 0 Å². The topological polar surface area (TPSA) is 65.9 Å². The second-order valence-electron chi connectivity index (χ2n) is 5.34. The molecule has 0 amide bonds. The first-order valence-electron chi connectivity index (χ1n) is 7.12. The van der Waals surface area contributed by atoms with E-state index in [-0.39, 0.29) is 0 Å². The van der Waals surface area contributed by atoms with E-state index in [0.29, 0.717) is 0 Å². The Hall–Kier alpha value is -2.05. The smallest absolute Gasteiger partial charge is 0.234 e. The molecule has 0 unspecified atom stereocenters. The first kappa shape index (κ1) is 13.0. The average Bonchev–Trinajstić information content (AvgIpc) is 3.03. The lowest BCUT2D eigenvalue weighted by Crippen LogP contribution is -2.29. The number of hydrogen-bond donors (Lipinski definition) is 1. The van der Waals surface area contributed by atoms with Gasteiger partial charge in [-0.3, -0.25) is 9.47 Å². The molecule has 20 heavy (non-hydrogen) atoms. The van der Waals surface area contributed by atoms with Crippen LogP contribution in [0.3, 0.4) is 0 Å². The van der Waals surface area contributed by atoms with E-state index < -0.39 is 0 Å². The number of aromatic amines is 1. The number of aromatic nitrogens is 5. The van der Waals surface area contributed by atoms with E-state index in [2.05, 4.69) is 36.6 Å². The van der Waals surface area contributed by atoms with Crippen molar-refractivity contribution in [1.29, 1.82) is 0 Å². The van der Waals surface area contributed by atoms with E-state index in [1.807, 2.05) is 19.0 Å². The van der Waals surface area contributed by atoms with Gasteiger partial charge in [-0.1, -0.05) is 19.8 Å². The molecule has 1 N–H and O–H groups in total. The van der Waals surface area contributed by atoms with Crippen molar-refractivity contribution in [3.63, 3.8) is 0 Å². The summed E-state index contributed by atoms with van der Waals surface area (Å²) in [5.41, 5.74) is 1.12. The summed E-state index contributed by atoms with van der Waals surface area (Å²) >= 11 is 0. The Bertz CT molecular complexity index is 583. The zero-order valence-electron chi connectivity index (χ0n) is 12.3. The monoisotopic (exact) mass is 275 g/mol. The number of hydrogen-bond acceptors (Lipinski definition) is 5. The minimum absolute atomic E-state index is 0.745. The van der Waals surface area contributed by atoms with Crippen LogP contribution in [0.25, 0.3) is 0 Å². The maximum atomic E-state index is 4.45. The van der Waals surface area contributed by atoms with Gasteiger partial charge in [-0.05, 0) is 6.42 Å². The Morgan fingerprint density at radius 1 is 1.30 bits per heavy atom. The van der Waals surface area contributed by atoms with Crippen LogP contribution < -0.4 is 9.80 Å². The van der Waals surface area contributed by atoms with Gasteiger partial charge >= 0.3 is 0 Å². The van der Waals surface area contributed by atoms with Crippen molar-refractivity contribution in [2.24, 2.45) is 0 Å². The molecule has 0 aromatic carbocycles. The quantitative estimate of drug-likeness (QED) is 0.842. The minimum atomic E-state index is 0.745. The highest BCUT2D eigenvalue weighted by atomic mass is 15.5. The predicted molar refractivity (Wildman–Crippen MR) is 78.6 cm³/mol. The van der Waals surface area contributed by atoms with E-state index >= 15 is 0 Å². The standard InChI is InChI=1S/C13H21N7/c1-4-5-6-7-19-11-10(14-9-15-11)8-20-12(18(2)3)16-17-13(19)20/h9H,4-8H2,1-3H3,(H,14,15). The van der Waals surface area contributed by atoms with Crippen LogP contribution in [0, 0.1) is 0 Å². The van der Waals surface area contributed by atoms with Crippen LogP contribution in [0.5, 0.6) is 0 Å². The van der Waals surface area contributed by atoms with Gasteiger partial charge in [0.25, 0.3) is 0 Å². The Morgan fingerprint density at radius 3 is 2.90 bits per heavy atom. The summed E-state index contributed by atoms with van der Waals surface area (Å²) in [5.74, 6) is 2.76. The summed E-state index contributed by atoms with van der Waals surface area (Å²) < 4.78 is 2.13.